The number of hydrogen-bond donors (Lipinski definition) is 2. The lowest BCUT2D eigenvalue weighted by Gasteiger charge is -2.16. The van der Waals surface area contributed by atoms with Gasteiger partial charge in [-0.3, -0.25) is 4.79 Å². The van der Waals surface area contributed by atoms with Crippen LogP contribution in [0.2, 0.25) is 0 Å². The highest BCUT2D eigenvalue weighted by atomic mass is 79.9. The Morgan fingerprint density at radius 1 is 1.47 bits per heavy atom. The second kappa shape index (κ2) is 9.28. The Bertz CT molecular complexity index is 397. The normalized spacial score (nSPS) is 11.6. The molecule has 0 radical (unpaired) electrons. The molecule has 0 aliphatic carbocycles. The molecule has 108 valence electrons. The Hall–Kier alpha value is -0.650. The first-order valence-corrected chi connectivity index (χ1v) is 6.83. The Labute approximate surface area is 127 Å². The number of benzene rings is 1. The van der Waals surface area contributed by atoms with E-state index in [0.717, 1.165) is 19.3 Å². The Balaban J connectivity index is 0.00000324. The topological polar surface area (TPSA) is 55.1 Å². The smallest absolute Gasteiger partial charge is 0.251 e. The first kappa shape index (κ1) is 18.4. The molecule has 1 unspecified atom stereocenters. The fourth-order valence-electron chi connectivity index (χ4n) is 1.65. The molecule has 1 aromatic carbocycles. The number of rotatable bonds is 6. The van der Waals surface area contributed by atoms with E-state index >= 15 is 0 Å². The monoisotopic (exact) mass is 352 g/mol. The SMILES string of the molecule is CCCCC(CN)NC(=O)c1cc(F)cc(Br)c1.Cl. The van der Waals surface area contributed by atoms with Crippen LogP contribution < -0.4 is 11.1 Å². The maximum Gasteiger partial charge on any atom is 0.251 e. The van der Waals surface area contributed by atoms with Crippen LogP contribution >= 0.6 is 28.3 Å². The summed E-state index contributed by atoms with van der Waals surface area (Å²) in [5, 5.41) is 2.82. The Morgan fingerprint density at radius 3 is 2.68 bits per heavy atom. The summed E-state index contributed by atoms with van der Waals surface area (Å²) in [4.78, 5) is 11.9. The summed E-state index contributed by atoms with van der Waals surface area (Å²) in [7, 11) is 0. The molecule has 1 rings (SSSR count). The third kappa shape index (κ3) is 6.36. The van der Waals surface area contributed by atoms with Crippen LogP contribution in [0.4, 0.5) is 4.39 Å². The molecule has 0 saturated heterocycles. The van der Waals surface area contributed by atoms with E-state index in [1.807, 2.05) is 0 Å². The summed E-state index contributed by atoms with van der Waals surface area (Å²) in [6.07, 6.45) is 2.90. The van der Waals surface area contributed by atoms with Gasteiger partial charge >= 0.3 is 0 Å². The van der Waals surface area contributed by atoms with Gasteiger partial charge in [0.05, 0.1) is 0 Å². The van der Waals surface area contributed by atoms with E-state index < -0.39 is 5.82 Å². The molecular formula is C13H19BrClFN2O. The van der Waals surface area contributed by atoms with Gasteiger partial charge in [-0.15, -0.1) is 12.4 Å². The van der Waals surface area contributed by atoms with Gasteiger partial charge in [0.15, 0.2) is 0 Å². The standard InChI is InChI=1S/C13H18BrFN2O.ClH/c1-2-3-4-12(8-16)17-13(18)9-5-10(14)7-11(15)6-9;/h5-7,12H,2-4,8,16H2,1H3,(H,17,18);1H. The molecule has 0 aliphatic rings. The molecule has 0 spiro atoms. The van der Waals surface area contributed by atoms with Gasteiger partial charge in [0.2, 0.25) is 0 Å². The number of nitrogens with two attached hydrogens (primary N) is 1. The molecule has 3 nitrogen and oxygen atoms in total. The van der Waals surface area contributed by atoms with E-state index in [2.05, 4.69) is 28.2 Å². The molecule has 0 bridgehead atoms. The molecule has 3 N–H and O–H groups in total. The van der Waals surface area contributed by atoms with Gasteiger partial charge in [0.25, 0.3) is 5.91 Å². The quantitative estimate of drug-likeness (QED) is 0.825. The molecule has 0 aliphatic heterocycles. The van der Waals surface area contributed by atoms with E-state index in [1.165, 1.54) is 12.1 Å². The van der Waals surface area contributed by atoms with Crippen LogP contribution in [0, 0.1) is 5.82 Å². The van der Waals surface area contributed by atoms with Gasteiger partial charge in [0.1, 0.15) is 5.82 Å². The summed E-state index contributed by atoms with van der Waals surface area (Å²) < 4.78 is 13.7. The number of hydrogen-bond acceptors (Lipinski definition) is 2. The lowest BCUT2D eigenvalue weighted by Crippen LogP contribution is -2.40. The second-order valence-electron chi connectivity index (χ2n) is 4.21. The second-order valence-corrected chi connectivity index (χ2v) is 5.12. The van der Waals surface area contributed by atoms with Gasteiger partial charge in [-0.05, 0) is 24.6 Å². The summed E-state index contributed by atoms with van der Waals surface area (Å²) in [6, 6.07) is 4.06. The van der Waals surface area contributed by atoms with E-state index in [9.17, 15) is 9.18 Å². The van der Waals surface area contributed by atoms with Crippen LogP contribution in [0.3, 0.4) is 0 Å². The van der Waals surface area contributed by atoms with Gasteiger partial charge in [-0.25, -0.2) is 4.39 Å². The Morgan fingerprint density at radius 2 is 2.16 bits per heavy atom. The van der Waals surface area contributed by atoms with Gasteiger partial charge in [-0.2, -0.15) is 0 Å². The van der Waals surface area contributed by atoms with Crippen molar-refractivity contribution in [3.63, 3.8) is 0 Å². The molecule has 0 aromatic heterocycles. The van der Waals surface area contributed by atoms with Crippen molar-refractivity contribution in [3.8, 4) is 0 Å². The highest BCUT2D eigenvalue weighted by Crippen LogP contribution is 2.15. The molecule has 1 atom stereocenters. The predicted octanol–water partition coefficient (Wildman–Crippen LogP) is 3.26. The van der Waals surface area contributed by atoms with Crippen molar-refractivity contribution in [1.82, 2.24) is 5.32 Å². The lowest BCUT2D eigenvalue weighted by molar-refractivity contribution is 0.0935. The molecular weight excluding hydrogens is 335 g/mol. The summed E-state index contributed by atoms with van der Waals surface area (Å²) >= 11 is 3.16. The minimum atomic E-state index is -0.438. The summed E-state index contributed by atoms with van der Waals surface area (Å²) in [6.45, 7) is 2.47. The summed E-state index contributed by atoms with van der Waals surface area (Å²) in [5.74, 6) is -0.728. The van der Waals surface area contributed by atoms with E-state index in [4.69, 9.17) is 5.73 Å². The molecule has 19 heavy (non-hydrogen) atoms. The van der Waals surface area contributed by atoms with Gasteiger partial charge in [0, 0.05) is 22.6 Å². The van der Waals surface area contributed by atoms with Crippen molar-refractivity contribution in [2.24, 2.45) is 5.73 Å². The minimum absolute atomic E-state index is 0. The molecule has 0 fully saturated rings. The van der Waals surface area contributed by atoms with Crippen molar-refractivity contribution < 1.29 is 9.18 Å². The average Bonchev–Trinajstić information content (AvgIpc) is 2.32. The van der Waals surface area contributed by atoms with Crippen molar-refractivity contribution in [2.75, 3.05) is 6.54 Å². The molecule has 1 aromatic rings. The number of unbranched alkanes of at least 4 members (excludes halogenated alkanes) is 1. The van der Waals surface area contributed by atoms with E-state index in [1.54, 1.807) is 6.07 Å². The Kier molecular flexibility index (Phi) is 8.97. The van der Waals surface area contributed by atoms with Crippen LogP contribution in [-0.4, -0.2) is 18.5 Å². The third-order valence-electron chi connectivity index (χ3n) is 2.65. The first-order chi connectivity index (χ1) is 8.56. The largest absolute Gasteiger partial charge is 0.348 e. The molecule has 6 heteroatoms. The van der Waals surface area contributed by atoms with E-state index in [-0.39, 0.29) is 24.4 Å². The van der Waals surface area contributed by atoms with Crippen LogP contribution in [-0.2, 0) is 0 Å². The van der Waals surface area contributed by atoms with Crippen molar-refractivity contribution >= 4 is 34.2 Å². The van der Waals surface area contributed by atoms with Crippen molar-refractivity contribution in [3.05, 3.63) is 34.1 Å². The maximum absolute atomic E-state index is 13.2. The first-order valence-electron chi connectivity index (χ1n) is 6.03. The van der Waals surface area contributed by atoms with Crippen LogP contribution in [0.5, 0.6) is 0 Å². The summed E-state index contributed by atoms with van der Waals surface area (Å²) in [5.41, 5.74) is 5.90. The number of halogens is 3. The lowest BCUT2D eigenvalue weighted by atomic mass is 10.1. The highest BCUT2D eigenvalue weighted by Gasteiger charge is 2.13. The molecule has 0 heterocycles. The zero-order chi connectivity index (χ0) is 13.5. The van der Waals surface area contributed by atoms with Gasteiger partial charge < -0.3 is 11.1 Å². The van der Waals surface area contributed by atoms with E-state index in [0.29, 0.717) is 16.6 Å². The number of amides is 1. The maximum atomic E-state index is 13.2. The van der Waals surface area contributed by atoms with Gasteiger partial charge in [-0.1, -0.05) is 35.7 Å². The number of nitrogens with one attached hydrogen (secondary N) is 1. The van der Waals surface area contributed by atoms with Crippen molar-refractivity contribution in [1.29, 1.82) is 0 Å². The fourth-order valence-corrected chi connectivity index (χ4v) is 2.12. The minimum Gasteiger partial charge on any atom is -0.348 e. The number of carbonyl (C=O) groups excluding carboxylic acids is 1. The highest BCUT2D eigenvalue weighted by molar-refractivity contribution is 9.10. The van der Waals surface area contributed by atoms with Crippen molar-refractivity contribution in [2.45, 2.75) is 32.2 Å². The van der Waals surface area contributed by atoms with Crippen LogP contribution in [0.15, 0.2) is 22.7 Å². The zero-order valence-corrected chi connectivity index (χ0v) is 13.2. The fraction of sp³-hybridized carbons (Fsp3) is 0.462. The predicted molar refractivity (Wildman–Crippen MR) is 81.2 cm³/mol. The average molecular weight is 354 g/mol. The molecule has 1 amide bonds. The zero-order valence-electron chi connectivity index (χ0n) is 10.8. The third-order valence-corrected chi connectivity index (χ3v) is 3.11. The van der Waals surface area contributed by atoms with Crippen LogP contribution in [0.1, 0.15) is 36.5 Å². The van der Waals surface area contributed by atoms with Crippen LogP contribution in [0.25, 0.3) is 0 Å². The molecule has 0 saturated carbocycles. The number of carbonyl (C=O) groups is 1.